The van der Waals surface area contributed by atoms with Gasteiger partial charge in [0.2, 0.25) is 10.0 Å². The molecule has 1 aliphatic heterocycles. The maximum Gasteiger partial charge on any atom is 0.243 e. The van der Waals surface area contributed by atoms with Gasteiger partial charge < -0.3 is 9.15 Å². The van der Waals surface area contributed by atoms with Crippen LogP contribution in [0, 0.1) is 13.8 Å². The van der Waals surface area contributed by atoms with Crippen LogP contribution >= 0.6 is 0 Å². The van der Waals surface area contributed by atoms with Crippen molar-refractivity contribution in [3.05, 3.63) is 47.4 Å². The summed E-state index contributed by atoms with van der Waals surface area (Å²) < 4.78 is 38.3. The van der Waals surface area contributed by atoms with Gasteiger partial charge in [0.1, 0.15) is 11.5 Å². The Balaban J connectivity index is 1.73. The average molecular weight is 364 g/mol. The molecule has 0 spiro atoms. The van der Waals surface area contributed by atoms with Crippen LogP contribution in [0.4, 0.5) is 0 Å². The first-order chi connectivity index (χ1) is 11.9. The molecule has 6 nitrogen and oxygen atoms in total. The standard InChI is InChI=1S/C18H24N2O4S/c1-14-12-18(15(2)11-17(14)23-3)25(21,22)20-8-6-19(7-9-20)13-16-5-4-10-24-16/h4-5,10-12H,6-9,13H2,1-3H3. The first-order valence-electron chi connectivity index (χ1n) is 8.32. The largest absolute Gasteiger partial charge is 0.496 e. The molecule has 0 N–H and O–H groups in total. The van der Waals surface area contributed by atoms with Crippen molar-refractivity contribution in [3.63, 3.8) is 0 Å². The smallest absolute Gasteiger partial charge is 0.243 e. The lowest BCUT2D eigenvalue weighted by molar-refractivity contribution is 0.171. The van der Waals surface area contributed by atoms with Crippen molar-refractivity contribution >= 4 is 10.0 Å². The van der Waals surface area contributed by atoms with Gasteiger partial charge >= 0.3 is 0 Å². The van der Waals surface area contributed by atoms with Crippen LogP contribution in [-0.4, -0.2) is 50.9 Å². The number of hydrogen-bond donors (Lipinski definition) is 0. The predicted octanol–water partition coefficient (Wildman–Crippen LogP) is 2.41. The molecule has 0 radical (unpaired) electrons. The highest BCUT2D eigenvalue weighted by Gasteiger charge is 2.30. The first-order valence-corrected chi connectivity index (χ1v) is 9.76. The maximum atomic E-state index is 13.0. The zero-order valence-corrected chi connectivity index (χ0v) is 15.7. The van der Waals surface area contributed by atoms with Crippen LogP contribution in [0.15, 0.2) is 39.8 Å². The number of nitrogens with zero attached hydrogens (tertiary/aromatic N) is 2. The topological polar surface area (TPSA) is 63.0 Å². The van der Waals surface area contributed by atoms with Crippen LogP contribution in [-0.2, 0) is 16.6 Å². The lowest BCUT2D eigenvalue weighted by atomic mass is 10.1. The van der Waals surface area contributed by atoms with E-state index >= 15 is 0 Å². The van der Waals surface area contributed by atoms with Crippen molar-refractivity contribution in [2.75, 3.05) is 33.3 Å². The minimum absolute atomic E-state index is 0.366. The first kappa shape index (κ1) is 18.0. The van der Waals surface area contributed by atoms with Gasteiger partial charge in [-0.3, -0.25) is 4.90 Å². The number of ether oxygens (including phenoxy) is 1. The maximum absolute atomic E-state index is 13.0. The Labute approximate surface area is 149 Å². The number of sulfonamides is 1. The highest BCUT2D eigenvalue weighted by Crippen LogP contribution is 2.28. The zero-order chi connectivity index (χ0) is 18.0. The number of furan rings is 1. The second kappa shape index (κ2) is 7.19. The summed E-state index contributed by atoms with van der Waals surface area (Å²) in [5, 5.41) is 0. The van der Waals surface area contributed by atoms with E-state index in [-0.39, 0.29) is 0 Å². The third-order valence-corrected chi connectivity index (χ3v) is 6.64. The Morgan fingerprint density at radius 3 is 2.44 bits per heavy atom. The fourth-order valence-electron chi connectivity index (χ4n) is 3.15. The fourth-order valence-corrected chi connectivity index (χ4v) is 4.86. The summed E-state index contributed by atoms with van der Waals surface area (Å²) in [4.78, 5) is 2.57. The van der Waals surface area contributed by atoms with E-state index in [1.807, 2.05) is 26.0 Å². The van der Waals surface area contributed by atoms with Gasteiger partial charge in [0.05, 0.1) is 24.8 Å². The third-order valence-electron chi connectivity index (χ3n) is 4.60. The van der Waals surface area contributed by atoms with E-state index in [4.69, 9.17) is 9.15 Å². The number of benzene rings is 1. The molecule has 1 fully saturated rings. The highest BCUT2D eigenvalue weighted by atomic mass is 32.2. The second-order valence-electron chi connectivity index (χ2n) is 6.35. The van der Waals surface area contributed by atoms with E-state index in [9.17, 15) is 8.42 Å². The SMILES string of the molecule is COc1cc(C)c(S(=O)(=O)N2CCN(Cc3ccco3)CC2)cc1C. The Bertz CT molecular complexity index is 823. The van der Waals surface area contributed by atoms with Crippen LogP contribution in [0.3, 0.4) is 0 Å². The quantitative estimate of drug-likeness (QED) is 0.815. The van der Waals surface area contributed by atoms with Gasteiger partial charge in [-0.25, -0.2) is 8.42 Å². The molecule has 136 valence electrons. The summed E-state index contributed by atoms with van der Waals surface area (Å²) in [6.45, 7) is 6.71. The van der Waals surface area contributed by atoms with Crippen molar-refractivity contribution in [2.24, 2.45) is 0 Å². The molecule has 1 aromatic carbocycles. The molecule has 0 amide bonds. The van der Waals surface area contributed by atoms with Crippen LogP contribution in [0.1, 0.15) is 16.9 Å². The van der Waals surface area contributed by atoms with Gasteiger partial charge in [-0.15, -0.1) is 0 Å². The van der Waals surface area contributed by atoms with Crippen LogP contribution in [0.25, 0.3) is 0 Å². The molecule has 0 saturated carbocycles. The van der Waals surface area contributed by atoms with E-state index < -0.39 is 10.0 Å². The minimum atomic E-state index is -3.50. The molecule has 1 aliphatic rings. The minimum Gasteiger partial charge on any atom is -0.496 e. The van der Waals surface area contributed by atoms with Crippen molar-refractivity contribution < 1.29 is 17.6 Å². The molecule has 1 saturated heterocycles. The van der Waals surface area contributed by atoms with Gasteiger partial charge in [-0.05, 0) is 49.2 Å². The summed E-state index contributed by atoms with van der Waals surface area (Å²) >= 11 is 0. The number of aryl methyl sites for hydroxylation is 2. The van der Waals surface area contributed by atoms with E-state index in [1.165, 1.54) is 0 Å². The van der Waals surface area contributed by atoms with Gasteiger partial charge in [0.15, 0.2) is 0 Å². The lowest BCUT2D eigenvalue weighted by Crippen LogP contribution is -2.48. The summed E-state index contributed by atoms with van der Waals surface area (Å²) in [6, 6.07) is 7.30. The molecule has 0 aliphatic carbocycles. The number of piperazine rings is 1. The Morgan fingerprint density at radius 1 is 1.12 bits per heavy atom. The van der Waals surface area contributed by atoms with Crippen molar-refractivity contribution in [1.82, 2.24) is 9.21 Å². The van der Waals surface area contributed by atoms with Crippen molar-refractivity contribution in [2.45, 2.75) is 25.3 Å². The summed E-state index contributed by atoms with van der Waals surface area (Å²) in [5.74, 6) is 1.61. The van der Waals surface area contributed by atoms with Crippen LogP contribution in [0.5, 0.6) is 5.75 Å². The zero-order valence-electron chi connectivity index (χ0n) is 14.9. The number of hydrogen-bond acceptors (Lipinski definition) is 5. The molecular formula is C18H24N2O4S. The molecule has 2 heterocycles. The Kier molecular flexibility index (Phi) is 5.17. The molecular weight excluding hydrogens is 340 g/mol. The second-order valence-corrected chi connectivity index (χ2v) is 8.25. The van der Waals surface area contributed by atoms with Gasteiger partial charge in [-0.2, -0.15) is 4.31 Å². The Hall–Kier alpha value is -1.83. The van der Waals surface area contributed by atoms with E-state index in [0.29, 0.717) is 48.9 Å². The van der Waals surface area contributed by atoms with E-state index in [1.54, 1.807) is 29.8 Å². The molecule has 2 aromatic rings. The molecule has 25 heavy (non-hydrogen) atoms. The van der Waals surface area contributed by atoms with E-state index in [2.05, 4.69) is 4.90 Å². The van der Waals surface area contributed by atoms with Crippen molar-refractivity contribution in [1.29, 1.82) is 0 Å². The monoisotopic (exact) mass is 364 g/mol. The normalized spacial score (nSPS) is 16.9. The van der Waals surface area contributed by atoms with Crippen LogP contribution in [0.2, 0.25) is 0 Å². The third kappa shape index (κ3) is 3.73. The summed E-state index contributed by atoms with van der Waals surface area (Å²) in [5.41, 5.74) is 1.53. The predicted molar refractivity (Wildman–Crippen MR) is 95.2 cm³/mol. The van der Waals surface area contributed by atoms with Crippen LogP contribution < -0.4 is 4.74 Å². The molecule has 0 atom stereocenters. The van der Waals surface area contributed by atoms with Gasteiger partial charge in [-0.1, -0.05) is 0 Å². The number of rotatable bonds is 5. The lowest BCUT2D eigenvalue weighted by Gasteiger charge is -2.33. The van der Waals surface area contributed by atoms with Gasteiger partial charge in [0, 0.05) is 26.2 Å². The molecule has 7 heteroatoms. The molecule has 0 unspecified atom stereocenters. The average Bonchev–Trinajstić information content (AvgIpc) is 3.10. The number of methoxy groups -OCH3 is 1. The summed E-state index contributed by atoms with van der Waals surface area (Å²) in [6.07, 6.45) is 1.66. The summed E-state index contributed by atoms with van der Waals surface area (Å²) in [7, 11) is -1.91. The molecule has 3 rings (SSSR count). The molecule has 0 bridgehead atoms. The fraction of sp³-hybridized carbons (Fsp3) is 0.444. The Morgan fingerprint density at radius 2 is 1.84 bits per heavy atom. The van der Waals surface area contributed by atoms with Crippen molar-refractivity contribution in [3.8, 4) is 5.75 Å². The van der Waals surface area contributed by atoms with Gasteiger partial charge in [0.25, 0.3) is 0 Å². The highest BCUT2D eigenvalue weighted by molar-refractivity contribution is 7.89. The molecule has 1 aromatic heterocycles. The van der Waals surface area contributed by atoms with E-state index in [0.717, 1.165) is 11.3 Å².